The van der Waals surface area contributed by atoms with Crippen LogP contribution >= 0.6 is 0 Å². The Morgan fingerprint density at radius 1 is 1.43 bits per heavy atom. The molecule has 2 unspecified atom stereocenters. The van der Waals surface area contributed by atoms with Gasteiger partial charge in [0.15, 0.2) is 0 Å². The lowest BCUT2D eigenvalue weighted by molar-refractivity contribution is 0.00922. The number of likely N-dealkylation sites (tertiary alicyclic amines) is 1. The highest BCUT2D eigenvalue weighted by atomic mass is 16.6. The molecule has 1 N–H and O–H groups in total. The molecule has 2 aliphatic rings. The maximum absolute atomic E-state index is 12.1. The largest absolute Gasteiger partial charge is 0.444 e. The monoisotopic (exact) mass is 298 g/mol. The maximum Gasteiger partial charge on any atom is 0.410 e. The van der Waals surface area contributed by atoms with Crippen molar-refractivity contribution in [3.8, 4) is 0 Å². The lowest BCUT2D eigenvalue weighted by Crippen LogP contribution is -2.52. The van der Waals surface area contributed by atoms with Gasteiger partial charge >= 0.3 is 6.09 Å². The molecule has 5 nitrogen and oxygen atoms in total. The fourth-order valence-corrected chi connectivity index (χ4v) is 2.97. The normalized spacial score (nSPS) is 30.5. The van der Waals surface area contributed by atoms with Crippen molar-refractivity contribution in [2.75, 3.05) is 26.2 Å². The van der Waals surface area contributed by atoms with Crippen molar-refractivity contribution < 1.29 is 14.3 Å². The van der Waals surface area contributed by atoms with Gasteiger partial charge in [-0.2, -0.15) is 0 Å². The molecule has 2 atom stereocenters. The Morgan fingerprint density at radius 2 is 2.19 bits per heavy atom. The Hall–Kier alpha value is -0.810. The number of hydrogen-bond acceptors (Lipinski definition) is 4. The molecule has 0 bridgehead atoms. The molecule has 0 spiro atoms. The number of nitrogens with one attached hydrogen (secondary N) is 1. The Balaban J connectivity index is 1.79. The van der Waals surface area contributed by atoms with Crippen LogP contribution in [-0.2, 0) is 9.47 Å². The molecule has 2 fully saturated rings. The molecule has 122 valence electrons. The van der Waals surface area contributed by atoms with E-state index in [1.807, 2.05) is 25.7 Å². The summed E-state index contributed by atoms with van der Waals surface area (Å²) >= 11 is 0. The molecule has 2 saturated heterocycles. The number of carbonyl (C=O) groups is 1. The van der Waals surface area contributed by atoms with Gasteiger partial charge in [0, 0.05) is 32.3 Å². The van der Waals surface area contributed by atoms with Gasteiger partial charge in [-0.1, -0.05) is 0 Å². The van der Waals surface area contributed by atoms with E-state index >= 15 is 0 Å². The molecule has 5 heteroatoms. The summed E-state index contributed by atoms with van der Waals surface area (Å²) < 4.78 is 11.3. The lowest BCUT2D eigenvalue weighted by Gasteiger charge is -2.36. The van der Waals surface area contributed by atoms with Crippen LogP contribution in [0, 0.1) is 0 Å². The van der Waals surface area contributed by atoms with Gasteiger partial charge in [-0.15, -0.1) is 0 Å². The first kappa shape index (κ1) is 16.6. The second kappa shape index (κ2) is 6.53. The van der Waals surface area contributed by atoms with Crippen LogP contribution in [0.4, 0.5) is 4.79 Å². The number of carbonyl (C=O) groups excluding carboxylic acids is 1. The topological polar surface area (TPSA) is 50.8 Å². The molecule has 0 saturated carbocycles. The summed E-state index contributed by atoms with van der Waals surface area (Å²) in [5.74, 6) is 0. The van der Waals surface area contributed by atoms with Gasteiger partial charge in [-0.05, 0) is 53.4 Å². The van der Waals surface area contributed by atoms with E-state index in [1.54, 1.807) is 0 Å². The van der Waals surface area contributed by atoms with E-state index < -0.39 is 5.60 Å². The van der Waals surface area contributed by atoms with E-state index in [2.05, 4.69) is 12.2 Å². The van der Waals surface area contributed by atoms with E-state index in [1.165, 1.54) is 0 Å². The highest BCUT2D eigenvalue weighted by Crippen LogP contribution is 2.24. The van der Waals surface area contributed by atoms with E-state index in [-0.39, 0.29) is 11.7 Å². The third kappa shape index (κ3) is 5.15. The van der Waals surface area contributed by atoms with Gasteiger partial charge in [-0.3, -0.25) is 0 Å². The molecule has 1 amide bonds. The van der Waals surface area contributed by atoms with Crippen LogP contribution < -0.4 is 5.32 Å². The van der Waals surface area contributed by atoms with Crippen molar-refractivity contribution >= 4 is 6.09 Å². The summed E-state index contributed by atoms with van der Waals surface area (Å²) in [7, 11) is 0. The summed E-state index contributed by atoms with van der Waals surface area (Å²) in [6, 6.07) is 0.340. The molecular formula is C16H30N2O3. The highest BCUT2D eigenvalue weighted by Gasteiger charge is 2.32. The van der Waals surface area contributed by atoms with Crippen LogP contribution in [0.5, 0.6) is 0 Å². The van der Waals surface area contributed by atoms with Crippen molar-refractivity contribution in [1.82, 2.24) is 10.2 Å². The molecule has 0 radical (unpaired) electrons. The van der Waals surface area contributed by atoms with Crippen LogP contribution in [0.15, 0.2) is 0 Å². The molecule has 0 aromatic heterocycles. The summed E-state index contributed by atoms with van der Waals surface area (Å²) in [6.45, 7) is 11.1. The Morgan fingerprint density at radius 3 is 2.81 bits per heavy atom. The third-order valence-electron chi connectivity index (χ3n) is 4.14. The minimum absolute atomic E-state index is 0.0335. The van der Waals surface area contributed by atoms with Gasteiger partial charge in [0.25, 0.3) is 0 Å². The third-order valence-corrected chi connectivity index (χ3v) is 4.14. The molecule has 0 aromatic carbocycles. The van der Waals surface area contributed by atoms with Crippen molar-refractivity contribution in [2.45, 2.75) is 70.6 Å². The molecule has 21 heavy (non-hydrogen) atoms. The predicted molar refractivity (Wildman–Crippen MR) is 82.4 cm³/mol. The SMILES string of the molecule is CC(C)(C)OC(=O)N1CCCC(NCC2(C)CCCO2)C1. The summed E-state index contributed by atoms with van der Waals surface area (Å²) in [4.78, 5) is 14.0. The van der Waals surface area contributed by atoms with Gasteiger partial charge in [0.1, 0.15) is 5.60 Å². The van der Waals surface area contributed by atoms with Crippen molar-refractivity contribution in [2.24, 2.45) is 0 Å². The number of nitrogens with zero attached hydrogens (tertiary/aromatic N) is 1. The highest BCUT2D eigenvalue weighted by molar-refractivity contribution is 5.68. The fraction of sp³-hybridized carbons (Fsp3) is 0.938. The van der Waals surface area contributed by atoms with Crippen LogP contribution in [0.2, 0.25) is 0 Å². The first-order valence-electron chi connectivity index (χ1n) is 8.13. The predicted octanol–water partition coefficient (Wildman–Crippen LogP) is 2.54. The number of hydrogen-bond donors (Lipinski definition) is 1. The standard InChI is InChI=1S/C16H30N2O3/c1-15(2,3)21-14(19)18-9-5-7-13(11-18)17-12-16(4)8-6-10-20-16/h13,17H,5-12H2,1-4H3. The van der Waals surface area contributed by atoms with Gasteiger partial charge < -0.3 is 19.7 Å². The first-order chi connectivity index (χ1) is 9.77. The quantitative estimate of drug-likeness (QED) is 0.870. The molecule has 2 rings (SSSR count). The van der Waals surface area contributed by atoms with E-state index in [0.29, 0.717) is 6.04 Å². The zero-order chi connectivity index (χ0) is 15.5. The van der Waals surface area contributed by atoms with Crippen molar-refractivity contribution in [1.29, 1.82) is 0 Å². The van der Waals surface area contributed by atoms with Gasteiger partial charge in [0.2, 0.25) is 0 Å². The van der Waals surface area contributed by atoms with E-state index in [9.17, 15) is 4.79 Å². The minimum atomic E-state index is -0.428. The van der Waals surface area contributed by atoms with Gasteiger partial charge in [0.05, 0.1) is 5.60 Å². The smallest absolute Gasteiger partial charge is 0.410 e. The average Bonchev–Trinajstić information content (AvgIpc) is 2.82. The van der Waals surface area contributed by atoms with Crippen LogP contribution in [0.25, 0.3) is 0 Å². The number of ether oxygens (including phenoxy) is 2. The zero-order valence-corrected chi connectivity index (χ0v) is 13.9. The number of piperidine rings is 1. The fourth-order valence-electron chi connectivity index (χ4n) is 2.97. The summed E-state index contributed by atoms with van der Waals surface area (Å²) in [6.07, 6.45) is 4.19. The summed E-state index contributed by atoms with van der Waals surface area (Å²) in [5.41, 5.74) is -0.461. The molecule has 2 heterocycles. The van der Waals surface area contributed by atoms with Crippen LogP contribution in [0.3, 0.4) is 0 Å². The lowest BCUT2D eigenvalue weighted by atomic mass is 10.0. The summed E-state index contributed by atoms with van der Waals surface area (Å²) in [5, 5.41) is 3.58. The van der Waals surface area contributed by atoms with E-state index in [4.69, 9.17) is 9.47 Å². The molecular weight excluding hydrogens is 268 g/mol. The second-order valence-electron chi connectivity index (χ2n) is 7.55. The average molecular weight is 298 g/mol. The zero-order valence-electron chi connectivity index (χ0n) is 13.9. The molecule has 0 aliphatic carbocycles. The Kier molecular flexibility index (Phi) is 5.15. The first-order valence-corrected chi connectivity index (χ1v) is 8.13. The maximum atomic E-state index is 12.1. The molecule has 2 aliphatic heterocycles. The molecule has 0 aromatic rings. The van der Waals surface area contributed by atoms with Crippen LogP contribution in [0.1, 0.15) is 53.4 Å². The van der Waals surface area contributed by atoms with E-state index in [0.717, 1.165) is 51.9 Å². The minimum Gasteiger partial charge on any atom is -0.444 e. The Bertz CT molecular complexity index is 359. The Labute approximate surface area is 128 Å². The van der Waals surface area contributed by atoms with Crippen molar-refractivity contribution in [3.63, 3.8) is 0 Å². The van der Waals surface area contributed by atoms with Crippen LogP contribution in [-0.4, -0.2) is 54.5 Å². The number of amides is 1. The number of rotatable bonds is 3. The van der Waals surface area contributed by atoms with Gasteiger partial charge in [-0.25, -0.2) is 4.79 Å². The van der Waals surface area contributed by atoms with Crippen molar-refractivity contribution in [3.05, 3.63) is 0 Å². The second-order valence-corrected chi connectivity index (χ2v) is 7.55.